The highest BCUT2D eigenvalue weighted by Gasteiger charge is 2.35. The molecule has 4 rings (SSSR count). The van der Waals surface area contributed by atoms with Gasteiger partial charge >= 0.3 is 0 Å². The van der Waals surface area contributed by atoms with Gasteiger partial charge in [0, 0.05) is 21.7 Å². The van der Waals surface area contributed by atoms with Crippen LogP contribution in [0.4, 0.5) is 0 Å². The third-order valence-corrected chi connectivity index (χ3v) is 4.80. The lowest BCUT2D eigenvalue weighted by Crippen LogP contribution is -2.20. The van der Waals surface area contributed by atoms with Gasteiger partial charge in [-0.3, -0.25) is 10.1 Å². The summed E-state index contributed by atoms with van der Waals surface area (Å²) in [6.45, 7) is 0.144. The van der Waals surface area contributed by atoms with E-state index in [9.17, 15) is 10.1 Å². The number of fused-ring (bicyclic) bond motifs is 2. The van der Waals surface area contributed by atoms with E-state index in [2.05, 4.69) is 31.9 Å². The molecule has 0 aliphatic carbocycles. The van der Waals surface area contributed by atoms with Gasteiger partial charge < -0.3 is 14.2 Å². The Hall–Kier alpha value is -2.06. The van der Waals surface area contributed by atoms with Gasteiger partial charge in [-0.05, 0) is 40.2 Å². The average Bonchev–Trinajstić information content (AvgIpc) is 3.01. The van der Waals surface area contributed by atoms with E-state index in [4.69, 9.17) is 14.2 Å². The number of nitrogens with zero attached hydrogens (tertiary/aromatic N) is 1. The zero-order valence-corrected chi connectivity index (χ0v) is 15.2. The second-order valence-electron chi connectivity index (χ2n) is 5.24. The molecular weight excluding hydrogens is 446 g/mol. The van der Waals surface area contributed by atoms with Crippen molar-refractivity contribution in [3.63, 3.8) is 0 Å². The minimum Gasteiger partial charge on any atom is -0.473 e. The van der Waals surface area contributed by atoms with Gasteiger partial charge in [0.15, 0.2) is 11.5 Å². The third-order valence-electron chi connectivity index (χ3n) is 3.76. The molecule has 2 aromatic rings. The zero-order chi connectivity index (χ0) is 16.8. The van der Waals surface area contributed by atoms with Crippen molar-refractivity contribution in [2.75, 3.05) is 6.79 Å². The second-order valence-corrected chi connectivity index (χ2v) is 7.01. The lowest BCUT2D eigenvalue weighted by molar-refractivity contribution is -0.434. The average molecular weight is 455 g/mol. The van der Waals surface area contributed by atoms with Crippen LogP contribution in [0.2, 0.25) is 0 Å². The molecule has 0 saturated carbocycles. The summed E-state index contributed by atoms with van der Waals surface area (Å²) in [4.78, 5) is 11.1. The van der Waals surface area contributed by atoms with E-state index >= 15 is 0 Å². The zero-order valence-electron chi connectivity index (χ0n) is 12.0. The van der Waals surface area contributed by atoms with Crippen LogP contribution in [0.15, 0.2) is 45.0 Å². The Morgan fingerprint density at radius 3 is 2.71 bits per heavy atom. The normalized spacial score (nSPS) is 17.8. The SMILES string of the molecule is O=[N+]([O-])C1=Cc2cc(Br)cc(Br)c2O[C@@H]1c1ccc2c(c1)OCO2. The molecule has 8 heteroatoms. The number of nitro groups is 1. The number of halogens is 2. The predicted octanol–water partition coefficient (Wildman–Crippen LogP) is 4.69. The Morgan fingerprint density at radius 2 is 1.92 bits per heavy atom. The summed E-state index contributed by atoms with van der Waals surface area (Å²) in [5, 5.41) is 11.5. The first-order valence-electron chi connectivity index (χ1n) is 6.94. The molecule has 0 fully saturated rings. The lowest BCUT2D eigenvalue weighted by atomic mass is 10.0. The van der Waals surface area contributed by atoms with Crippen LogP contribution in [0.3, 0.4) is 0 Å². The summed E-state index contributed by atoms with van der Waals surface area (Å²) in [6.07, 6.45) is 0.698. The fraction of sp³-hybridized carbons (Fsp3) is 0.125. The van der Waals surface area contributed by atoms with Crippen molar-refractivity contribution in [2.45, 2.75) is 6.10 Å². The first-order valence-corrected chi connectivity index (χ1v) is 8.53. The lowest BCUT2D eigenvalue weighted by Gasteiger charge is -2.24. The van der Waals surface area contributed by atoms with Crippen LogP contribution in [-0.4, -0.2) is 11.7 Å². The van der Waals surface area contributed by atoms with Crippen LogP contribution in [0.25, 0.3) is 6.08 Å². The standard InChI is InChI=1S/C16H9Br2NO5/c17-10-3-9-4-12(19(20)21)16(24-15(9)11(18)6-10)8-1-2-13-14(5-8)23-7-22-13/h1-6,16H,7H2/t16-/m1/s1. The Labute approximate surface area is 153 Å². The first kappa shape index (κ1) is 15.5. The molecule has 0 unspecified atom stereocenters. The molecule has 0 spiro atoms. The molecule has 24 heavy (non-hydrogen) atoms. The Morgan fingerprint density at radius 1 is 1.12 bits per heavy atom. The molecule has 0 amide bonds. The maximum atomic E-state index is 11.5. The van der Waals surface area contributed by atoms with Crippen LogP contribution in [-0.2, 0) is 0 Å². The van der Waals surface area contributed by atoms with E-state index in [1.54, 1.807) is 24.3 Å². The quantitative estimate of drug-likeness (QED) is 0.486. The van der Waals surface area contributed by atoms with Gasteiger partial charge in [0.1, 0.15) is 5.75 Å². The van der Waals surface area contributed by atoms with Crippen molar-refractivity contribution in [2.24, 2.45) is 0 Å². The minimum atomic E-state index is -0.834. The minimum absolute atomic E-state index is 0.0358. The predicted molar refractivity (Wildman–Crippen MR) is 92.7 cm³/mol. The number of hydrogen-bond donors (Lipinski definition) is 0. The molecule has 2 heterocycles. The molecule has 6 nitrogen and oxygen atoms in total. The van der Waals surface area contributed by atoms with Crippen molar-refractivity contribution < 1.29 is 19.1 Å². The summed E-state index contributed by atoms with van der Waals surface area (Å²) in [6, 6.07) is 8.79. The van der Waals surface area contributed by atoms with Gasteiger partial charge in [-0.25, -0.2) is 0 Å². The molecular formula is C16H9Br2NO5. The van der Waals surface area contributed by atoms with Gasteiger partial charge in [0.05, 0.1) is 9.40 Å². The molecule has 1 atom stereocenters. The van der Waals surface area contributed by atoms with E-state index in [1.165, 1.54) is 6.08 Å². The molecule has 0 saturated heterocycles. The molecule has 0 aromatic heterocycles. The largest absolute Gasteiger partial charge is 0.473 e. The smallest absolute Gasteiger partial charge is 0.291 e. The Bertz CT molecular complexity index is 896. The summed E-state index contributed by atoms with van der Waals surface area (Å²) in [5.74, 6) is 1.73. The third kappa shape index (κ3) is 2.55. The monoisotopic (exact) mass is 453 g/mol. The molecule has 122 valence electrons. The van der Waals surface area contributed by atoms with Crippen LogP contribution >= 0.6 is 31.9 Å². The highest BCUT2D eigenvalue weighted by atomic mass is 79.9. The van der Waals surface area contributed by atoms with Gasteiger partial charge in [0.2, 0.25) is 12.9 Å². The highest BCUT2D eigenvalue weighted by Crippen LogP contribution is 2.44. The topological polar surface area (TPSA) is 70.8 Å². The van der Waals surface area contributed by atoms with Crippen LogP contribution in [0, 0.1) is 10.1 Å². The molecule has 0 radical (unpaired) electrons. The van der Waals surface area contributed by atoms with E-state index in [0.717, 1.165) is 8.95 Å². The van der Waals surface area contributed by atoms with Gasteiger partial charge in [-0.2, -0.15) is 0 Å². The van der Waals surface area contributed by atoms with Gasteiger partial charge in [-0.1, -0.05) is 22.0 Å². The Kier molecular flexibility index (Phi) is 3.73. The second kappa shape index (κ2) is 5.78. The molecule has 2 aliphatic rings. The highest BCUT2D eigenvalue weighted by molar-refractivity contribution is 9.11. The van der Waals surface area contributed by atoms with Crippen molar-refractivity contribution in [3.05, 3.63) is 66.2 Å². The molecule has 2 aliphatic heterocycles. The van der Waals surface area contributed by atoms with Crippen molar-refractivity contribution in [3.8, 4) is 17.2 Å². The Balaban J connectivity index is 1.83. The molecule has 0 bridgehead atoms. The fourth-order valence-electron chi connectivity index (χ4n) is 2.69. The van der Waals surface area contributed by atoms with Crippen molar-refractivity contribution >= 4 is 37.9 Å². The van der Waals surface area contributed by atoms with Crippen molar-refractivity contribution in [1.29, 1.82) is 0 Å². The van der Waals surface area contributed by atoms with E-state index < -0.39 is 11.0 Å². The van der Waals surface area contributed by atoms with E-state index in [-0.39, 0.29) is 12.5 Å². The summed E-state index contributed by atoms with van der Waals surface area (Å²) in [5.41, 5.74) is 1.23. The number of benzene rings is 2. The van der Waals surface area contributed by atoms with Crippen LogP contribution in [0.1, 0.15) is 17.2 Å². The van der Waals surface area contributed by atoms with Crippen LogP contribution in [0.5, 0.6) is 17.2 Å². The first-order chi connectivity index (χ1) is 11.5. The van der Waals surface area contributed by atoms with Crippen LogP contribution < -0.4 is 14.2 Å². The van der Waals surface area contributed by atoms with Gasteiger partial charge in [0.25, 0.3) is 5.70 Å². The van der Waals surface area contributed by atoms with E-state index in [0.29, 0.717) is 28.4 Å². The number of hydrogen-bond acceptors (Lipinski definition) is 5. The molecule has 2 aromatic carbocycles. The maximum Gasteiger partial charge on any atom is 0.291 e. The number of rotatable bonds is 2. The fourth-order valence-corrected chi connectivity index (χ4v) is 4.04. The number of ether oxygens (including phenoxy) is 3. The van der Waals surface area contributed by atoms with E-state index in [1.807, 2.05) is 6.07 Å². The summed E-state index contributed by atoms with van der Waals surface area (Å²) < 4.78 is 18.1. The summed E-state index contributed by atoms with van der Waals surface area (Å²) >= 11 is 6.82. The van der Waals surface area contributed by atoms with Crippen molar-refractivity contribution in [1.82, 2.24) is 0 Å². The molecule has 0 N–H and O–H groups in total. The maximum absolute atomic E-state index is 11.5. The van der Waals surface area contributed by atoms with Gasteiger partial charge in [-0.15, -0.1) is 0 Å². The summed E-state index contributed by atoms with van der Waals surface area (Å²) in [7, 11) is 0.